The van der Waals surface area contributed by atoms with E-state index in [1.54, 1.807) is 0 Å². The van der Waals surface area contributed by atoms with Crippen molar-refractivity contribution in [3.63, 3.8) is 0 Å². The van der Waals surface area contributed by atoms with Crippen LogP contribution in [0.15, 0.2) is 0 Å². The molecule has 2 heteroatoms. The van der Waals surface area contributed by atoms with Gasteiger partial charge in [0.15, 0.2) is 0 Å². The Morgan fingerprint density at radius 3 is 2.17 bits per heavy atom. The van der Waals surface area contributed by atoms with Crippen LogP contribution >= 0.6 is 12.6 Å². The predicted molar refractivity (Wildman–Crippen MR) is 53.4 cm³/mol. The standard InChI is InChI=1S/C10H18OS/c1-9(2)6-4-5-10(9,3)8(12)7(6)11/h6-8,11-12H,4-5H2,1-3H3/t6-,7+,8-,10+/m0/s1. The van der Waals surface area contributed by atoms with E-state index >= 15 is 0 Å². The molecule has 0 aromatic heterocycles. The third kappa shape index (κ3) is 0.717. The molecule has 1 N–H and O–H groups in total. The van der Waals surface area contributed by atoms with Crippen molar-refractivity contribution in [2.75, 3.05) is 0 Å². The van der Waals surface area contributed by atoms with Gasteiger partial charge >= 0.3 is 0 Å². The molecule has 0 amide bonds. The Balaban J connectivity index is 2.44. The van der Waals surface area contributed by atoms with Gasteiger partial charge in [0.2, 0.25) is 0 Å². The molecule has 0 aromatic rings. The molecule has 0 heterocycles. The zero-order valence-electron chi connectivity index (χ0n) is 8.04. The maximum absolute atomic E-state index is 9.91. The summed E-state index contributed by atoms with van der Waals surface area (Å²) in [6, 6.07) is 0. The number of thiol groups is 1. The van der Waals surface area contributed by atoms with Gasteiger partial charge in [0.25, 0.3) is 0 Å². The van der Waals surface area contributed by atoms with Crippen LogP contribution in [0.5, 0.6) is 0 Å². The lowest BCUT2D eigenvalue weighted by atomic mass is 9.71. The van der Waals surface area contributed by atoms with Crippen LogP contribution in [-0.4, -0.2) is 16.5 Å². The largest absolute Gasteiger partial charge is 0.392 e. The fraction of sp³-hybridized carbons (Fsp3) is 1.00. The average Bonchev–Trinajstić information content (AvgIpc) is 2.26. The summed E-state index contributed by atoms with van der Waals surface area (Å²) in [7, 11) is 0. The zero-order chi connectivity index (χ0) is 9.15. The molecule has 4 atom stereocenters. The highest BCUT2D eigenvalue weighted by atomic mass is 32.1. The molecule has 2 aliphatic carbocycles. The second-order valence-electron chi connectivity index (χ2n) is 5.22. The van der Waals surface area contributed by atoms with E-state index in [-0.39, 0.29) is 22.2 Å². The summed E-state index contributed by atoms with van der Waals surface area (Å²) in [5.41, 5.74) is 0.527. The Kier molecular flexibility index (Phi) is 1.64. The van der Waals surface area contributed by atoms with E-state index in [1.807, 2.05) is 0 Å². The summed E-state index contributed by atoms with van der Waals surface area (Å²) < 4.78 is 0. The number of aliphatic hydroxyl groups is 1. The van der Waals surface area contributed by atoms with Crippen molar-refractivity contribution in [2.45, 2.75) is 45.0 Å². The Morgan fingerprint density at radius 2 is 1.92 bits per heavy atom. The highest BCUT2D eigenvalue weighted by Crippen LogP contribution is 2.66. The summed E-state index contributed by atoms with van der Waals surface area (Å²) in [6.45, 7) is 6.84. The number of rotatable bonds is 0. The van der Waals surface area contributed by atoms with Crippen LogP contribution in [0.3, 0.4) is 0 Å². The summed E-state index contributed by atoms with van der Waals surface area (Å²) in [5.74, 6) is 0.477. The lowest BCUT2D eigenvalue weighted by Crippen LogP contribution is -2.35. The molecule has 0 saturated heterocycles. The van der Waals surface area contributed by atoms with E-state index in [0.717, 1.165) is 0 Å². The molecule has 0 aromatic carbocycles. The van der Waals surface area contributed by atoms with Gasteiger partial charge in [-0.25, -0.2) is 0 Å². The van der Waals surface area contributed by atoms with E-state index in [1.165, 1.54) is 12.8 Å². The van der Waals surface area contributed by atoms with Crippen LogP contribution in [-0.2, 0) is 0 Å². The van der Waals surface area contributed by atoms with Gasteiger partial charge in [0, 0.05) is 5.25 Å². The first kappa shape index (κ1) is 8.89. The molecule has 2 rings (SSSR count). The Hall–Kier alpha value is 0.310. The highest BCUT2D eigenvalue weighted by molar-refractivity contribution is 7.81. The van der Waals surface area contributed by atoms with E-state index in [4.69, 9.17) is 0 Å². The summed E-state index contributed by atoms with van der Waals surface area (Å²) in [6.07, 6.45) is 2.24. The Morgan fingerprint density at radius 1 is 1.33 bits per heavy atom. The van der Waals surface area contributed by atoms with E-state index < -0.39 is 0 Å². The van der Waals surface area contributed by atoms with Crippen LogP contribution in [0.4, 0.5) is 0 Å². The lowest BCUT2D eigenvalue weighted by Gasteiger charge is -2.37. The molecular weight excluding hydrogens is 168 g/mol. The van der Waals surface area contributed by atoms with Gasteiger partial charge in [0.1, 0.15) is 0 Å². The molecule has 1 nitrogen and oxygen atoms in total. The number of aliphatic hydroxyl groups excluding tert-OH is 1. The van der Waals surface area contributed by atoms with Crippen LogP contribution in [0.1, 0.15) is 33.6 Å². The fourth-order valence-corrected chi connectivity index (χ4v) is 3.96. The van der Waals surface area contributed by atoms with Crippen LogP contribution in [0.25, 0.3) is 0 Å². The molecule has 12 heavy (non-hydrogen) atoms. The third-order valence-electron chi connectivity index (χ3n) is 4.76. The third-order valence-corrected chi connectivity index (χ3v) is 5.64. The van der Waals surface area contributed by atoms with Gasteiger partial charge in [-0.2, -0.15) is 12.6 Å². The first-order valence-corrected chi connectivity index (χ1v) is 5.29. The summed E-state index contributed by atoms with van der Waals surface area (Å²) in [4.78, 5) is 0. The monoisotopic (exact) mass is 186 g/mol. The molecule has 0 unspecified atom stereocenters. The van der Waals surface area contributed by atoms with E-state index in [0.29, 0.717) is 5.92 Å². The van der Waals surface area contributed by atoms with Crippen LogP contribution in [0.2, 0.25) is 0 Å². The van der Waals surface area contributed by atoms with Gasteiger partial charge < -0.3 is 5.11 Å². The number of fused-ring (bicyclic) bond motifs is 2. The van der Waals surface area contributed by atoms with Crippen LogP contribution < -0.4 is 0 Å². The summed E-state index contributed by atoms with van der Waals surface area (Å²) in [5, 5.41) is 10.1. The van der Waals surface area contributed by atoms with Crippen molar-refractivity contribution in [3.8, 4) is 0 Å². The Bertz CT molecular complexity index is 214. The minimum atomic E-state index is -0.179. The molecular formula is C10H18OS. The minimum Gasteiger partial charge on any atom is -0.392 e. The van der Waals surface area contributed by atoms with Gasteiger partial charge in [-0.3, -0.25) is 0 Å². The molecule has 0 spiro atoms. The fourth-order valence-electron chi connectivity index (χ4n) is 3.29. The minimum absolute atomic E-state index is 0.179. The topological polar surface area (TPSA) is 20.2 Å². The maximum Gasteiger partial charge on any atom is 0.0695 e. The molecule has 0 aliphatic heterocycles. The molecule has 2 aliphatic rings. The van der Waals surface area contributed by atoms with Crippen LogP contribution in [0, 0.1) is 16.7 Å². The number of hydrogen-bond acceptors (Lipinski definition) is 2. The van der Waals surface area contributed by atoms with Crippen molar-refractivity contribution in [2.24, 2.45) is 16.7 Å². The first-order chi connectivity index (χ1) is 5.41. The van der Waals surface area contributed by atoms with Gasteiger partial charge in [-0.15, -0.1) is 0 Å². The predicted octanol–water partition coefficient (Wildman–Crippen LogP) is 2.10. The quantitative estimate of drug-likeness (QED) is 0.555. The van der Waals surface area contributed by atoms with E-state index in [2.05, 4.69) is 33.4 Å². The normalized spacial score (nSPS) is 56.2. The zero-order valence-corrected chi connectivity index (χ0v) is 8.94. The molecule has 2 bridgehead atoms. The first-order valence-electron chi connectivity index (χ1n) is 4.77. The smallest absolute Gasteiger partial charge is 0.0695 e. The highest BCUT2D eigenvalue weighted by Gasteiger charge is 2.64. The van der Waals surface area contributed by atoms with Gasteiger partial charge in [-0.1, -0.05) is 20.8 Å². The molecule has 0 radical (unpaired) electrons. The Labute approximate surface area is 80.0 Å². The number of hydrogen-bond donors (Lipinski definition) is 2. The maximum atomic E-state index is 9.91. The van der Waals surface area contributed by atoms with Crippen molar-refractivity contribution < 1.29 is 5.11 Å². The van der Waals surface area contributed by atoms with E-state index in [9.17, 15) is 5.11 Å². The van der Waals surface area contributed by atoms with Crippen molar-refractivity contribution in [1.29, 1.82) is 0 Å². The SMILES string of the molecule is CC1(C)[C@H]2CC[C@]1(C)[C@@H](S)[C@@H]2O. The average molecular weight is 186 g/mol. The van der Waals surface area contributed by atoms with Gasteiger partial charge in [0.05, 0.1) is 6.10 Å². The molecule has 70 valence electrons. The summed E-state index contributed by atoms with van der Waals surface area (Å²) >= 11 is 4.54. The van der Waals surface area contributed by atoms with Crippen molar-refractivity contribution >= 4 is 12.6 Å². The lowest BCUT2D eigenvalue weighted by molar-refractivity contribution is 0.0986. The molecule has 2 fully saturated rings. The second-order valence-corrected chi connectivity index (χ2v) is 5.78. The van der Waals surface area contributed by atoms with Crippen molar-refractivity contribution in [1.82, 2.24) is 0 Å². The van der Waals surface area contributed by atoms with Crippen molar-refractivity contribution in [3.05, 3.63) is 0 Å². The van der Waals surface area contributed by atoms with Gasteiger partial charge in [-0.05, 0) is 29.6 Å². The second kappa shape index (κ2) is 2.21. The molecule has 2 saturated carbocycles.